The Balaban J connectivity index is 1.91. The summed E-state index contributed by atoms with van der Waals surface area (Å²) in [5, 5.41) is 3.46. The van der Waals surface area contributed by atoms with Gasteiger partial charge >= 0.3 is 0 Å². The molecular weight excluding hydrogens is 269 g/mol. The molecule has 1 aromatic rings. The molecule has 1 aliphatic rings. The third-order valence-corrected chi connectivity index (χ3v) is 3.71. The van der Waals surface area contributed by atoms with E-state index >= 15 is 0 Å². The maximum absolute atomic E-state index is 13.8. The number of hydrogen-bond donors (Lipinski definition) is 1. The lowest BCUT2D eigenvalue weighted by Crippen LogP contribution is -2.19. The zero-order valence-corrected chi connectivity index (χ0v) is 11.1. The second-order valence-electron chi connectivity index (χ2n) is 4.56. The van der Waals surface area contributed by atoms with E-state index in [1.165, 1.54) is 12.8 Å². The number of nitrogens with one attached hydrogen (secondary N) is 1. The summed E-state index contributed by atoms with van der Waals surface area (Å²) in [7, 11) is 0. The van der Waals surface area contributed by atoms with Crippen molar-refractivity contribution >= 4 is 15.9 Å². The summed E-state index contributed by atoms with van der Waals surface area (Å²) in [5.41, 5.74) is 0.812. The molecule has 0 spiro atoms. The van der Waals surface area contributed by atoms with Crippen molar-refractivity contribution in [2.24, 2.45) is 0 Å². The minimum atomic E-state index is -0.110. The fourth-order valence-corrected chi connectivity index (χ4v) is 2.23. The molecule has 1 fully saturated rings. The molecule has 2 rings (SSSR count). The van der Waals surface area contributed by atoms with Gasteiger partial charge in [0.05, 0.1) is 4.47 Å². The molecule has 1 aliphatic carbocycles. The molecule has 1 unspecified atom stereocenters. The van der Waals surface area contributed by atoms with Gasteiger partial charge in [0.25, 0.3) is 0 Å². The maximum Gasteiger partial charge on any atom is 0.140 e. The Hall–Kier alpha value is -0.410. The largest absolute Gasteiger partial charge is 0.314 e. The summed E-state index contributed by atoms with van der Waals surface area (Å²) < 4.78 is 14.3. The fraction of sp³-hybridized carbons (Fsp3) is 0.538. The minimum Gasteiger partial charge on any atom is -0.314 e. The standard InChI is InChI=1S/C13H17BrFN/c1-9(7-8-16-10-5-6-10)11-3-2-4-12(14)13(11)15/h2-4,9-10,16H,5-8H2,1H3. The third-order valence-electron chi connectivity index (χ3n) is 3.10. The van der Waals surface area contributed by atoms with Gasteiger partial charge < -0.3 is 5.32 Å². The van der Waals surface area contributed by atoms with E-state index in [0.717, 1.165) is 24.6 Å². The molecule has 0 amide bonds. The van der Waals surface area contributed by atoms with Crippen LogP contribution in [0.2, 0.25) is 0 Å². The number of rotatable bonds is 5. The first-order chi connectivity index (χ1) is 7.68. The molecule has 0 saturated heterocycles. The van der Waals surface area contributed by atoms with Crippen LogP contribution in [0, 0.1) is 5.82 Å². The predicted octanol–water partition coefficient (Wildman–Crippen LogP) is 3.83. The summed E-state index contributed by atoms with van der Waals surface area (Å²) in [5.74, 6) is 0.158. The van der Waals surface area contributed by atoms with E-state index in [1.807, 2.05) is 12.1 Å². The van der Waals surface area contributed by atoms with Crippen LogP contribution in [0.4, 0.5) is 4.39 Å². The Morgan fingerprint density at radius 2 is 2.25 bits per heavy atom. The highest BCUT2D eigenvalue weighted by Crippen LogP contribution is 2.27. The Morgan fingerprint density at radius 1 is 1.50 bits per heavy atom. The Labute approximate surface area is 105 Å². The van der Waals surface area contributed by atoms with E-state index in [1.54, 1.807) is 6.07 Å². The van der Waals surface area contributed by atoms with Gasteiger partial charge in [-0.3, -0.25) is 0 Å². The molecule has 0 aliphatic heterocycles. The average Bonchev–Trinajstić information content (AvgIpc) is 3.06. The van der Waals surface area contributed by atoms with Gasteiger partial charge in [-0.25, -0.2) is 4.39 Å². The predicted molar refractivity (Wildman–Crippen MR) is 68.2 cm³/mol. The van der Waals surface area contributed by atoms with E-state index in [0.29, 0.717) is 4.47 Å². The first kappa shape index (κ1) is 12.1. The van der Waals surface area contributed by atoms with Gasteiger partial charge in [0, 0.05) is 6.04 Å². The van der Waals surface area contributed by atoms with Gasteiger partial charge in [-0.15, -0.1) is 0 Å². The highest BCUT2D eigenvalue weighted by molar-refractivity contribution is 9.10. The number of benzene rings is 1. The summed E-state index contributed by atoms with van der Waals surface area (Å²) in [6.07, 6.45) is 3.60. The lowest BCUT2D eigenvalue weighted by molar-refractivity contribution is 0.548. The van der Waals surface area contributed by atoms with Gasteiger partial charge in [0.15, 0.2) is 0 Å². The van der Waals surface area contributed by atoms with Crippen LogP contribution in [0.3, 0.4) is 0 Å². The molecule has 0 bridgehead atoms. The fourth-order valence-electron chi connectivity index (χ4n) is 1.85. The van der Waals surface area contributed by atoms with Gasteiger partial charge in [0.2, 0.25) is 0 Å². The van der Waals surface area contributed by atoms with Crippen LogP contribution in [0.25, 0.3) is 0 Å². The van der Waals surface area contributed by atoms with Crippen LogP contribution in [0.15, 0.2) is 22.7 Å². The second-order valence-corrected chi connectivity index (χ2v) is 5.42. The quantitative estimate of drug-likeness (QED) is 0.867. The molecular formula is C13H17BrFN. The van der Waals surface area contributed by atoms with E-state index < -0.39 is 0 Å². The van der Waals surface area contributed by atoms with Crippen molar-refractivity contribution in [2.45, 2.75) is 38.1 Å². The van der Waals surface area contributed by atoms with Crippen LogP contribution in [-0.4, -0.2) is 12.6 Å². The summed E-state index contributed by atoms with van der Waals surface area (Å²) in [6, 6.07) is 6.25. The lowest BCUT2D eigenvalue weighted by Gasteiger charge is -2.13. The third kappa shape index (κ3) is 3.05. The number of hydrogen-bond acceptors (Lipinski definition) is 1. The molecule has 0 radical (unpaired) electrons. The van der Waals surface area contributed by atoms with E-state index in [-0.39, 0.29) is 11.7 Å². The maximum atomic E-state index is 13.8. The molecule has 0 aromatic heterocycles. The molecule has 1 N–H and O–H groups in total. The zero-order chi connectivity index (χ0) is 11.5. The first-order valence-corrected chi connectivity index (χ1v) is 6.65. The second kappa shape index (κ2) is 5.28. The van der Waals surface area contributed by atoms with Crippen molar-refractivity contribution in [1.82, 2.24) is 5.32 Å². The van der Waals surface area contributed by atoms with Crippen molar-refractivity contribution in [1.29, 1.82) is 0 Å². The summed E-state index contributed by atoms with van der Waals surface area (Å²) in [4.78, 5) is 0. The zero-order valence-electron chi connectivity index (χ0n) is 9.47. The van der Waals surface area contributed by atoms with Gasteiger partial charge in [-0.1, -0.05) is 19.1 Å². The van der Waals surface area contributed by atoms with E-state index in [2.05, 4.69) is 28.2 Å². The first-order valence-electron chi connectivity index (χ1n) is 5.85. The van der Waals surface area contributed by atoms with Crippen molar-refractivity contribution in [3.05, 3.63) is 34.1 Å². The molecule has 88 valence electrons. The Morgan fingerprint density at radius 3 is 2.94 bits per heavy atom. The van der Waals surface area contributed by atoms with Gasteiger partial charge in [0.1, 0.15) is 5.82 Å². The lowest BCUT2D eigenvalue weighted by atomic mass is 9.97. The monoisotopic (exact) mass is 285 g/mol. The van der Waals surface area contributed by atoms with Crippen LogP contribution >= 0.6 is 15.9 Å². The van der Waals surface area contributed by atoms with Crippen LogP contribution < -0.4 is 5.32 Å². The number of halogens is 2. The highest BCUT2D eigenvalue weighted by atomic mass is 79.9. The normalized spacial score (nSPS) is 17.4. The topological polar surface area (TPSA) is 12.0 Å². The summed E-state index contributed by atoms with van der Waals surface area (Å²) >= 11 is 3.23. The molecule has 1 saturated carbocycles. The van der Waals surface area contributed by atoms with Crippen LogP contribution in [0.1, 0.15) is 37.7 Å². The van der Waals surface area contributed by atoms with E-state index in [4.69, 9.17) is 0 Å². The minimum absolute atomic E-state index is 0.110. The van der Waals surface area contributed by atoms with Crippen molar-refractivity contribution in [3.63, 3.8) is 0 Å². The average molecular weight is 286 g/mol. The Bertz CT molecular complexity index is 363. The SMILES string of the molecule is CC(CCNC1CC1)c1cccc(Br)c1F. The van der Waals surface area contributed by atoms with E-state index in [9.17, 15) is 4.39 Å². The van der Waals surface area contributed by atoms with Gasteiger partial charge in [-0.05, 0) is 59.3 Å². The summed E-state index contributed by atoms with van der Waals surface area (Å²) in [6.45, 7) is 3.07. The Kier molecular flexibility index (Phi) is 3.98. The molecule has 0 heterocycles. The molecule has 1 nitrogen and oxygen atoms in total. The van der Waals surface area contributed by atoms with Crippen molar-refractivity contribution < 1.29 is 4.39 Å². The molecule has 16 heavy (non-hydrogen) atoms. The highest BCUT2D eigenvalue weighted by Gasteiger charge is 2.20. The molecule has 3 heteroatoms. The van der Waals surface area contributed by atoms with Crippen LogP contribution in [-0.2, 0) is 0 Å². The smallest absolute Gasteiger partial charge is 0.140 e. The van der Waals surface area contributed by atoms with Crippen molar-refractivity contribution in [3.8, 4) is 0 Å². The molecule has 1 atom stereocenters. The van der Waals surface area contributed by atoms with Crippen LogP contribution in [0.5, 0.6) is 0 Å². The molecule has 1 aromatic carbocycles. The van der Waals surface area contributed by atoms with Crippen molar-refractivity contribution in [2.75, 3.05) is 6.54 Å². The van der Waals surface area contributed by atoms with Gasteiger partial charge in [-0.2, -0.15) is 0 Å².